The second-order valence-corrected chi connectivity index (χ2v) is 6.75. The number of non-ortho nitro benzene ring substituents is 1. The second kappa shape index (κ2) is 7.72. The first kappa shape index (κ1) is 18.2. The van der Waals surface area contributed by atoms with Gasteiger partial charge in [0.15, 0.2) is 6.10 Å². The van der Waals surface area contributed by atoms with E-state index in [-0.39, 0.29) is 35.8 Å². The zero-order valence-electron chi connectivity index (χ0n) is 14.8. The fourth-order valence-electron chi connectivity index (χ4n) is 3.51. The minimum atomic E-state index is -0.688. The van der Waals surface area contributed by atoms with Crippen molar-refractivity contribution in [3.8, 4) is 5.75 Å². The summed E-state index contributed by atoms with van der Waals surface area (Å²) < 4.78 is 5.64. The van der Waals surface area contributed by atoms with Crippen molar-refractivity contribution >= 4 is 23.2 Å². The number of fused-ring (bicyclic) bond motifs is 1. The van der Waals surface area contributed by atoms with Gasteiger partial charge >= 0.3 is 0 Å². The Kier molecular flexibility index (Phi) is 5.39. The molecule has 1 aliphatic heterocycles. The number of nitro benzene ring substituents is 1. The quantitative estimate of drug-likeness (QED) is 0.641. The summed E-state index contributed by atoms with van der Waals surface area (Å²) in [6.45, 7) is 1.66. The zero-order valence-corrected chi connectivity index (χ0v) is 14.8. The van der Waals surface area contributed by atoms with E-state index in [1.165, 1.54) is 29.5 Å². The van der Waals surface area contributed by atoms with Gasteiger partial charge in [0.2, 0.25) is 5.91 Å². The van der Waals surface area contributed by atoms with Crippen LogP contribution in [0.1, 0.15) is 45.4 Å². The van der Waals surface area contributed by atoms with Crippen LogP contribution < -0.4 is 15.0 Å². The number of carbonyl (C=O) groups is 2. The van der Waals surface area contributed by atoms with E-state index in [1.807, 2.05) is 6.92 Å². The average Bonchev–Trinajstić information content (AvgIpc) is 2.64. The minimum absolute atomic E-state index is 0.138. The van der Waals surface area contributed by atoms with Crippen LogP contribution >= 0.6 is 0 Å². The molecule has 0 radical (unpaired) electrons. The summed E-state index contributed by atoms with van der Waals surface area (Å²) in [6, 6.07) is 4.24. The lowest BCUT2D eigenvalue weighted by Gasteiger charge is -2.34. The maximum absolute atomic E-state index is 12.7. The monoisotopic (exact) mass is 361 g/mol. The van der Waals surface area contributed by atoms with Crippen molar-refractivity contribution in [2.75, 3.05) is 11.4 Å². The number of nitrogens with zero attached hydrogens (tertiary/aromatic N) is 2. The molecule has 26 heavy (non-hydrogen) atoms. The fraction of sp³-hybridized carbons (Fsp3) is 0.556. The molecule has 1 N–H and O–H groups in total. The van der Waals surface area contributed by atoms with Crippen molar-refractivity contribution in [1.82, 2.24) is 5.32 Å². The highest BCUT2D eigenvalue weighted by atomic mass is 16.6. The predicted octanol–water partition coefficient (Wildman–Crippen LogP) is 2.55. The van der Waals surface area contributed by atoms with E-state index < -0.39 is 11.0 Å². The number of benzene rings is 1. The molecule has 0 bridgehead atoms. The third-order valence-corrected chi connectivity index (χ3v) is 4.90. The van der Waals surface area contributed by atoms with Gasteiger partial charge in [0.1, 0.15) is 12.3 Å². The molecular weight excluding hydrogens is 338 g/mol. The lowest BCUT2D eigenvalue weighted by Crippen LogP contribution is -2.51. The molecule has 1 heterocycles. The number of hydrogen-bond acceptors (Lipinski definition) is 5. The summed E-state index contributed by atoms with van der Waals surface area (Å²) in [5.74, 6) is -0.216. The molecule has 1 saturated carbocycles. The molecule has 1 fully saturated rings. The molecule has 0 aromatic heterocycles. The first-order valence-electron chi connectivity index (χ1n) is 9.05. The summed E-state index contributed by atoms with van der Waals surface area (Å²) in [7, 11) is 0. The molecule has 1 aliphatic carbocycles. The average molecular weight is 361 g/mol. The molecule has 0 spiro atoms. The normalized spacial score (nSPS) is 20.3. The van der Waals surface area contributed by atoms with Gasteiger partial charge in [-0.2, -0.15) is 0 Å². The molecule has 1 atom stereocenters. The predicted molar refractivity (Wildman–Crippen MR) is 95.2 cm³/mol. The Labute approximate surface area is 151 Å². The molecule has 1 aromatic carbocycles. The summed E-state index contributed by atoms with van der Waals surface area (Å²) in [5, 5.41) is 14.0. The Bertz CT molecular complexity index is 715. The lowest BCUT2D eigenvalue weighted by molar-refractivity contribution is -0.384. The van der Waals surface area contributed by atoms with E-state index in [0.29, 0.717) is 12.2 Å². The topological polar surface area (TPSA) is 102 Å². The second-order valence-electron chi connectivity index (χ2n) is 6.75. The first-order chi connectivity index (χ1) is 12.5. The Morgan fingerprint density at radius 2 is 2.08 bits per heavy atom. The Morgan fingerprint density at radius 3 is 2.73 bits per heavy atom. The maximum Gasteiger partial charge on any atom is 0.271 e. The number of hydrogen-bond donors (Lipinski definition) is 1. The number of nitrogens with one attached hydrogen (secondary N) is 1. The molecule has 2 amide bonds. The molecular formula is C18H23N3O5. The molecule has 0 saturated heterocycles. The van der Waals surface area contributed by atoms with Gasteiger partial charge in [0.05, 0.1) is 10.6 Å². The third-order valence-electron chi connectivity index (χ3n) is 4.90. The van der Waals surface area contributed by atoms with Crippen LogP contribution in [0.2, 0.25) is 0 Å². The van der Waals surface area contributed by atoms with Gasteiger partial charge < -0.3 is 10.1 Å². The van der Waals surface area contributed by atoms with Crippen molar-refractivity contribution < 1.29 is 19.2 Å². The zero-order chi connectivity index (χ0) is 18.7. The fourth-order valence-corrected chi connectivity index (χ4v) is 3.51. The number of amides is 2. The Morgan fingerprint density at radius 1 is 1.35 bits per heavy atom. The van der Waals surface area contributed by atoms with Gasteiger partial charge in [-0.05, 0) is 25.3 Å². The number of anilines is 1. The lowest BCUT2D eigenvalue weighted by atomic mass is 9.95. The Hall–Kier alpha value is -2.64. The van der Waals surface area contributed by atoms with E-state index in [2.05, 4.69) is 5.32 Å². The number of rotatable bonds is 5. The molecule has 3 rings (SSSR count). The van der Waals surface area contributed by atoms with E-state index >= 15 is 0 Å². The van der Waals surface area contributed by atoms with Gasteiger partial charge in [-0.1, -0.05) is 26.2 Å². The van der Waals surface area contributed by atoms with Crippen molar-refractivity contribution in [3.05, 3.63) is 28.3 Å². The molecule has 1 aromatic rings. The van der Waals surface area contributed by atoms with Crippen LogP contribution in [0.4, 0.5) is 11.4 Å². The standard InChI is InChI=1S/C18H23N3O5/c1-2-15-18(23)20(11-17(22)19-12-6-4-3-5-7-12)14-10-13(21(24)25)8-9-16(14)26-15/h8-10,12,15H,2-7,11H2,1H3,(H,19,22). The number of nitro groups is 1. The highest BCUT2D eigenvalue weighted by Gasteiger charge is 2.35. The van der Waals surface area contributed by atoms with Gasteiger partial charge in [0, 0.05) is 18.2 Å². The molecule has 8 nitrogen and oxygen atoms in total. The third kappa shape index (κ3) is 3.79. The summed E-state index contributed by atoms with van der Waals surface area (Å²) in [5.41, 5.74) is 0.125. The van der Waals surface area contributed by atoms with Crippen LogP contribution in [0.15, 0.2) is 18.2 Å². The van der Waals surface area contributed by atoms with Crippen molar-refractivity contribution in [2.45, 2.75) is 57.6 Å². The van der Waals surface area contributed by atoms with Gasteiger partial charge in [-0.3, -0.25) is 24.6 Å². The molecule has 8 heteroatoms. The van der Waals surface area contributed by atoms with Crippen LogP contribution in [0, 0.1) is 10.1 Å². The maximum atomic E-state index is 12.7. The van der Waals surface area contributed by atoms with Crippen LogP contribution in [-0.4, -0.2) is 35.4 Å². The van der Waals surface area contributed by atoms with Crippen molar-refractivity contribution in [1.29, 1.82) is 0 Å². The van der Waals surface area contributed by atoms with E-state index in [1.54, 1.807) is 0 Å². The summed E-state index contributed by atoms with van der Waals surface area (Å²) in [4.78, 5) is 37.0. The van der Waals surface area contributed by atoms with Crippen molar-refractivity contribution in [3.63, 3.8) is 0 Å². The van der Waals surface area contributed by atoms with E-state index in [9.17, 15) is 19.7 Å². The number of ether oxygens (including phenoxy) is 1. The van der Waals surface area contributed by atoms with Crippen LogP contribution in [0.3, 0.4) is 0 Å². The SMILES string of the molecule is CCC1Oc2ccc([N+](=O)[O-])cc2N(CC(=O)NC2CCCCC2)C1=O. The van der Waals surface area contributed by atoms with Gasteiger partial charge in [0.25, 0.3) is 11.6 Å². The van der Waals surface area contributed by atoms with Crippen LogP contribution in [-0.2, 0) is 9.59 Å². The molecule has 1 unspecified atom stereocenters. The smallest absolute Gasteiger partial charge is 0.271 e. The minimum Gasteiger partial charge on any atom is -0.478 e. The highest BCUT2D eigenvalue weighted by Crippen LogP contribution is 2.37. The summed E-state index contributed by atoms with van der Waals surface area (Å²) in [6.07, 6.45) is 5.03. The van der Waals surface area contributed by atoms with Gasteiger partial charge in [-0.25, -0.2) is 0 Å². The van der Waals surface area contributed by atoms with E-state index in [0.717, 1.165) is 25.7 Å². The molecule has 2 aliphatic rings. The van der Waals surface area contributed by atoms with Crippen LogP contribution in [0.5, 0.6) is 5.75 Å². The highest BCUT2D eigenvalue weighted by molar-refractivity contribution is 6.04. The first-order valence-corrected chi connectivity index (χ1v) is 9.05. The Balaban J connectivity index is 1.81. The largest absolute Gasteiger partial charge is 0.478 e. The number of carbonyl (C=O) groups excluding carboxylic acids is 2. The van der Waals surface area contributed by atoms with Crippen molar-refractivity contribution in [2.24, 2.45) is 0 Å². The summed E-state index contributed by atoms with van der Waals surface area (Å²) >= 11 is 0. The van der Waals surface area contributed by atoms with E-state index in [4.69, 9.17) is 4.74 Å². The van der Waals surface area contributed by atoms with Gasteiger partial charge in [-0.15, -0.1) is 0 Å². The van der Waals surface area contributed by atoms with Crippen LogP contribution in [0.25, 0.3) is 0 Å². The molecule has 140 valence electrons.